The molecule has 21 heavy (non-hydrogen) atoms. The maximum absolute atomic E-state index is 13.6. The lowest BCUT2D eigenvalue weighted by atomic mass is 10.1. The van der Waals surface area contributed by atoms with Gasteiger partial charge in [-0.2, -0.15) is 0 Å². The van der Waals surface area contributed by atoms with Gasteiger partial charge in [-0.15, -0.1) is 0 Å². The van der Waals surface area contributed by atoms with E-state index in [-0.39, 0.29) is 24.3 Å². The van der Waals surface area contributed by atoms with Crippen molar-refractivity contribution in [2.45, 2.75) is 19.4 Å². The summed E-state index contributed by atoms with van der Waals surface area (Å²) in [5.41, 5.74) is 0.506. The summed E-state index contributed by atoms with van der Waals surface area (Å²) in [6, 6.07) is 4.39. The number of benzene rings is 1. The number of aliphatic hydroxyl groups excluding tert-OH is 1. The van der Waals surface area contributed by atoms with Gasteiger partial charge in [0, 0.05) is 23.9 Å². The van der Waals surface area contributed by atoms with Crippen LogP contribution in [0.3, 0.4) is 0 Å². The summed E-state index contributed by atoms with van der Waals surface area (Å²) < 4.78 is 18.8. The molecule has 7 heteroatoms. The van der Waals surface area contributed by atoms with Gasteiger partial charge < -0.3 is 19.9 Å². The molecule has 1 aromatic heterocycles. The second kappa shape index (κ2) is 5.92. The second-order valence-electron chi connectivity index (χ2n) is 4.57. The van der Waals surface area contributed by atoms with Crippen molar-refractivity contribution in [1.29, 1.82) is 0 Å². The summed E-state index contributed by atoms with van der Waals surface area (Å²) in [6.07, 6.45) is -1.67. The summed E-state index contributed by atoms with van der Waals surface area (Å²) in [5, 5.41) is 20.5. The molecule has 6 nitrogen and oxygen atoms in total. The highest BCUT2D eigenvalue weighted by atomic mass is 19.1. The zero-order valence-electron chi connectivity index (χ0n) is 11.2. The number of nitrogens with one attached hydrogen (secondary N) is 1. The molecule has 0 saturated heterocycles. The van der Waals surface area contributed by atoms with Crippen LogP contribution in [0.15, 0.2) is 22.6 Å². The summed E-state index contributed by atoms with van der Waals surface area (Å²) >= 11 is 0. The van der Waals surface area contributed by atoms with Crippen LogP contribution < -0.4 is 5.32 Å². The summed E-state index contributed by atoms with van der Waals surface area (Å²) in [4.78, 5) is 22.4. The van der Waals surface area contributed by atoms with E-state index in [1.807, 2.05) is 0 Å². The molecule has 0 aliphatic carbocycles. The van der Waals surface area contributed by atoms with Crippen molar-refractivity contribution in [1.82, 2.24) is 5.32 Å². The monoisotopic (exact) mass is 295 g/mol. The third kappa shape index (κ3) is 3.03. The molecule has 112 valence electrons. The zero-order chi connectivity index (χ0) is 15.6. The Bertz CT molecular complexity index is 694. The van der Waals surface area contributed by atoms with Crippen molar-refractivity contribution in [3.63, 3.8) is 0 Å². The van der Waals surface area contributed by atoms with E-state index in [4.69, 9.17) is 14.6 Å². The van der Waals surface area contributed by atoms with Crippen molar-refractivity contribution >= 4 is 22.8 Å². The number of para-hydroxylation sites is 1. The number of aliphatic carboxylic acids is 1. The molecule has 3 N–H and O–H groups in total. The Morgan fingerprint density at radius 1 is 1.43 bits per heavy atom. The largest absolute Gasteiger partial charge is 0.479 e. The Morgan fingerprint density at radius 3 is 2.76 bits per heavy atom. The number of carboxylic acids is 1. The van der Waals surface area contributed by atoms with E-state index in [0.717, 1.165) is 0 Å². The number of furan rings is 1. The maximum Gasteiger partial charge on any atom is 0.332 e. The Hall–Kier alpha value is -2.41. The predicted molar refractivity (Wildman–Crippen MR) is 71.5 cm³/mol. The molecule has 0 aliphatic heterocycles. The fourth-order valence-corrected chi connectivity index (χ4v) is 1.95. The summed E-state index contributed by atoms with van der Waals surface area (Å²) in [6.45, 7) is 1.59. The fraction of sp³-hybridized carbons (Fsp3) is 0.286. The fourth-order valence-electron chi connectivity index (χ4n) is 1.95. The second-order valence-corrected chi connectivity index (χ2v) is 4.57. The van der Waals surface area contributed by atoms with Crippen LogP contribution in [0.5, 0.6) is 0 Å². The van der Waals surface area contributed by atoms with Crippen molar-refractivity contribution in [3.05, 3.63) is 35.3 Å². The van der Waals surface area contributed by atoms with Gasteiger partial charge in [-0.1, -0.05) is 12.1 Å². The molecule has 1 amide bonds. The first-order chi connectivity index (χ1) is 9.91. The van der Waals surface area contributed by atoms with Crippen molar-refractivity contribution in [3.8, 4) is 0 Å². The van der Waals surface area contributed by atoms with Gasteiger partial charge in [-0.25, -0.2) is 9.18 Å². The number of fused-ring (bicyclic) bond motifs is 1. The van der Waals surface area contributed by atoms with E-state index in [1.54, 1.807) is 13.0 Å². The third-order valence-corrected chi connectivity index (χ3v) is 3.11. The van der Waals surface area contributed by atoms with E-state index in [2.05, 4.69) is 5.32 Å². The Kier molecular flexibility index (Phi) is 4.23. The number of halogens is 1. The number of aliphatic hydroxyl groups is 1. The first-order valence-corrected chi connectivity index (χ1v) is 6.28. The molecule has 0 fully saturated rings. The molecule has 2 rings (SSSR count). The van der Waals surface area contributed by atoms with E-state index in [1.165, 1.54) is 12.1 Å². The maximum atomic E-state index is 13.6. The topological polar surface area (TPSA) is 99.8 Å². The smallest absolute Gasteiger partial charge is 0.332 e. The van der Waals surface area contributed by atoms with Crippen LogP contribution in [-0.4, -0.2) is 34.7 Å². The van der Waals surface area contributed by atoms with Gasteiger partial charge in [0.25, 0.3) is 5.91 Å². The molecule has 1 unspecified atom stereocenters. The molecule has 0 spiro atoms. The van der Waals surface area contributed by atoms with Crippen molar-refractivity contribution < 1.29 is 28.6 Å². The highest BCUT2D eigenvalue weighted by Gasteiger charge is 2.20. The minimum atomic E-state index is -1.54. The quantitative estimate of drug-likeness (QED) is 0.775. The van der Waals surface area contributed by atoms with Gasteiger partial charge in [0.1, 0.15) is 0 Å². The highest BCUT2D eigenvalue weighted by molar-refractivity contribution is 5.99. The van der Waals surface area contributed by atoms with Gasteiger partial charge in [0.2, 0.25) is 0 Å². The van der Waals surface area contributed by atoms with Crippen molar-refractivity contribution in [2.75, 3.05) is 6.54 Å². The SMILES string of the molecule is Cc1c(C(=O)NCCC(O)C(=O)O)oc2c(F)cccc12. The standard InChI is InChI=1S/C14H14FNO5/c1-7-8-3-2-4-9(15)12(8)21-11(7)13(18)16-6-5-10(17)14(19)20/h2-4,10,17H,5-6H2,1H3,(H,16,18)(H,19,20). The third-order valence-electron chi connectivity index (χ3n) is 3.11. The average Bonchev–Trinajstić information content (AvgIpc) is 2.77. The number of hydrogen-bond acceptors (Lipinski definition) is 4. The highest BCUT2D eigenvalue weighted by Crippen LogP contribution is 2.27. The van der Waals surface area contributed by atoms with Gasteiger partial charge >= 0.3 is 5.97 Å². The molecular formula is C14H14FNO5. The lowest BCUT2D eigenvalue weighted by Gasteiger charge is -2.06. The molecule has 0 bridgehead atoms. The first-order valence-electron chi connectivity index (χ1n) is 6.28. The molecular weight excluding hydrogens is 281 g/mol. The Labute approximate surface area is 119 Å². The summed E-state index contributed by atoms with van der Waals surface area (Å²) in [7, 11) is 0. The number of carbonyl (C=O) groups is 2. The van der Waals surface area contributed by atoms with Gasteiger partial charge in [-0.05, 0) is 13.0 Å². The van der Waals surface area contributed by atoms with Gasteiger partial charge in [0.15, 0.2) is 23.3 Å². The van der Waals surface area contributed by atoms with E-state index in [0.29, 0.717) is 10.9 Å². The van der Waals surface area contributed by atoms with Crippen LogP contribution in [0.4, 0.5) is 4.39 Å². The van der Waals surface area contributed by atoms with Crippen LogP contribution in [0, 0.1) is 12.7 Å². The van der Waals surface area contributed by atoms with E-state index in [9.17, 15) is 14.0 Å². The van der Waals surface area contributed by atoms with Crippen LogP contribution in [-0.2, 0) is 4.79 Å². The van der Waals surface area contributed by atoms with Crippen LogP contribution >= 0.6 is 0 Å². The molecule has 2 aromatic rings. The molecule has 1 heterocycles. The van der Waals surface area contributed by atoms with E-state index >= 15 is 0 Å². The normalized spacial score (nSPS) is 12.3. The van der Waals surface area contributed by atoms with Crippen LogP contribution in [0.25, 0.3) is 11.0 Å². The average molecular weight is 295 g/mol. The van der Waals surface area contributed by atoms with Gasteiger partial charge in [0.05, 0.1) is 0 Å². The number of hydrogen-bond donors (Lipinski definition) is 3. The predicted octanol–water partition coefficient (Wildman–Crippen LogP) is 1.45. The molecule has 1 atom stereocenters. The molecule has 0 radical (unpaired) electrons. The lowest BCUT2D eigenvalue weighted by Crippen LogP contribution is -2.30. The lowest BCUT2D eigenvalue weighted by molar-refractivity contribution is -0.146. The zero-order valence-corrected chi connectivity index (χ0v) is 11.2. The minimum Gasteiger partial charge on any atom is -0.479 e. The number of carboxylic acid groups (broad SMARTS) is 1. The number of aryl methyl sites for hydroxylation is 1. The van der Waals surface area contributed by atoms with E-state index < -0.39 is 23.8 Å². The number of rotatable bonds is 5. The first kappa shape index (κ1) is 15.0. The Balaban J connectivity index is 2.11. The number of carbonyl (C=O) groups excluding carboxylic acids is 1. The molecule has 0 aliphatic rings. The molecule has 1 aromatic carbocycles. The van der Waals surface area contributed by atoms with Crippen molar-refractivity contribution in [2.24, 2.45) is 0 Å². The summed E-state index contributed by atoms with van der Waals surface area (Å²) in [5.74, 6) is -2.53. The van der Waals surface area contributed by atoms with Gasteiger partial charge in [-0.3, -0.25) is 4.79 Å². The van der Waals surface area contributed by atoms with Crippen LogP contribution in [0.2, 0.25) is 0 Å². The number of amides is 1. The molecule has 0 saturated carbocycles. The van der Waals surface area contributed by atoms with Crippen LogP contribution in [0.1, 0.15) is 22.5 Å². The Morgan fingerprint density at radius 2 is 2.14 bits per heavy atom. The minimum absolute atomic E-state index is 0.00530.